The number of nitrogens with zero attached hydrogens (tertiary/aromatic N) is 3. The average Bonchev–Trinajstić information content (AvgIpc) is 3.22. The molecule has 8 heteroatoms. The van der Waals surface area contributed by atoms with E-state index in [1.54, 1.807) is 0 Å². The summed E-state index contributed by atoms with van der Waals surface area (Å²) in [4.78, 5) is 20.3. The van der Waals surface area contributed by atoms with Gasteiger partial charge >= 0.3 is 6.18 Å². The molecule has 3 aromatic rings. The number of rotatable bonds is 5. The Bertz CT molecular complexity index is 1220. The smallest absolute Gasteiger partial charge is 0.307 e. The largest absolute Gasteiger partial charge is 0.416 e. The number of piperidine rings is 1. The molecule has 1 saturated heterocycles. The molecule has 2 aromatic carbocycles. The van der Waals surface area contributed by atoms with Gasteiger partial charge in [0.2, 0.25) is 5.95 Å². The maximum atomic E-state index is 13.2. The van der Waals surface area contributed by atoms with E-state index in [0.29, 0.717) is 11.9 Å². The van der Waals surface area contributed by atoms with Crippen molar-refractivity contribution in [1.29, 1.82) is 0 Å². The van der Waals surface area contributed by atoms with E-state index in [9.17, 15) is 18.0 Å². The van der Waals surface area contributed by atoms with Crippen LogP contribution in [0.5, 0.6) is 0 Å². The summed E-state index contributed by atoms with van der Waals surface area (Å²) in [7, 11) is 0. The number of nitrogens with one attached hydrogen (secondary N) is 1. The van der Waals surface area contributed by atoms with Gasteiger partial charge in [0, 0.05) is 18.2 Å². The van der Waals surface area contributed by atoms with Crippen molar-refractivity contribution in [3.63, 3.8) is 0 Å². The molecule has 0 radical (unpaired) electrons. The second kappa shape index (κ2) is 10.2. The molecular formula is C28H33F3N4O. The van der Waals surface area contributed by atoms with Crippen LogP contribution in [-0.4, -0.2) is 33.4 Å². The van der Waals surface area contributed by atoms with Gasteiger partial charge in [-0.2, -0.15) is 13.2 Å². The van der Waals surface area contributed by atoms with Gasteiger partial charge in [-0.05, 0) is 93.4 Å². The zero-order valence-electron chi connectivity index (χ0n) is 20.7. The molecule has 1 aliphatic carbocycles. The van der Waals surface area contributed by atoms with E-state index in [2.05, 4.69) is 33.8 Å². The molecule has 2 heterocycles. The average molecular weight is 499 g/mol. The van der Waals surface area contributed by atoms with E-state index in [1.807, 2.05) is 6.07 Å². The minimum atomic E-state index is -4.51. The molecule has 1 saturated carbocycles. The minimum absolute atomic E-state index is 0.0357. The molecule has 1 aromatic heterocycles. The number of imidazole rings is 1. The summed E-state index contributed by atoms with van der Waals surface area (Å²) >= 11 is 0. The molecular weight excluding hydrogens is 465 g/mol. The number of anilines is 1. The highest BCUT2D eigenvalue weighted by Gasteiger charge is 2.31. The standard InChI is InChI=1S/C28H33F3N4O/c1-19-8-11-23(12-9-19)35-25-16-20(18-34-14-3-2-4-15-34)10-13-24(25)32-27(35)33-26(36)21-6-5-7-22(17-21)28(29,30)31/h5-7,10,13,16-17,19,23H,2-4,8-9,11-12,14-15,18H2,1H3,(H,32,33,36). The zero-order chi connectivity index (χ0) is 25.3. The highest BCUT2D eigenvalue weighted by atomic mass is 19.4. The first kappa shape index (κ1) is 24.8. The predicted molar refractivity (Wildman–Crippen MR) is 135 cm³/mol. The number of aromatic nitrogens is 2. The molecule has 0 spiro atoms. The molecule has 0 unspecified atom stereocenters. The first-order chi connectivity index (χ1) is 17.3. The topological polar surface area (TPSA) is 50.2 Å². The fourth-order valence-electron chi connectivity index (χ4n) is 5.58. The van der Waals surface area contributed by atoms with Crippen LogP contribution in [0.2, 0.25) is 0 Å². The molecule has 0 bridgehead atoms. The number of hydrogen-bond donors (Lipinski definition) is 1. The molecule has 2 fully saturated rings. The number of benzene rings is 2. The number of fused-ring (bicyclic) bond motifs is 1. The van der Waals surface area contributed by atoms with Crippen molar-refractivity contribution in [2.24, 2.45) is 5.92 Å². The molecule has 5 nitrogen and oxygen atoms in total. The summed E-state index contributed by atoms with van der Waals surface area (Å²) in [5, 5.41) is 2.84. The van der Waals surface area contributed by atoms with Crippen molar-refractivity contribution in [3.8, 4) is 0 Å². The fourth-order valence-corrected chi connectivity index (χ4v) is 5.58. The van der Waals surface area contributed by atoms with Crippen LogP contribution in [-0.2, 0) is 12.7 Å². The number of alkyl halides is 3. The van der Waals surface area contributed by atoms with E-state index in [4.69, 9.17) is 4.98 Å². The van der Waals surface area contributed by atoms with Crippen LogP contribution in [0.15, 0.2) is 42.5 Å². The number of halogens is 3. The van der Waals surface area contributed by atoms with E-state index in [0.717, 1.165) is 68.5 Å². The van der Waals surface area contributed by atoms with Crippen molar-refractivity contribution >= 4 is 22.9 Å². The van der Waals surface area contributed by atoms with Crippen LogP contribution in [0.1, 0.15) is 79.4 Å². The SMILES string of the molecule is CC1CCC(n2c(NC(=O)c3cccc(C(F)(F)F)c3)nc3ccc(CN4CCCCC4)cc32)CC1. The van der Waals surface area contributed by atoms with Crippen LogP contribution in [0, 0.1) is 5.92 Å². The third kappa shape index (κ3) is 5.43. The molecule has 2 aliphatic rings. The van der Waals surface area contributed by atoms with Crippen LogP contribution in [0.3, 0.4) is 0 Å². The molecule has 1 N–H and O–H groups in total. The third-order valence-electron chi connectivity index (χ3n) is 7.64. The van der Waals surface area contributed by atoms with E-state index in [-0.39, 0.29) is 11.6 Å². The molecule has 1 amide bonds. The summed E-state index contributed by atoms with van der Waals surface area (Å²) in [5.41, 5.74) is 2.10. The van der Waals surface area contributed by atoms with E-state index >= 15 is 0 Å². The van der Waals surface area contributed by atoms with Gasteiger partial charge in [-0.25, -0.2) is 4.98 Å². The summed E-state index contributed by atoms with van der Waals surface area (Å²) in [6.45, 7) is 5.36. The van der Waals surface area contributed by atoms with Gasteiger partial charge in [0.05, 0.1) is 16.6 Å². The number of amides is 1. The second-order valence-corrected chi connectivity index (χ2v) is 10.4. The third-order valence-corrected chi connectivity index (χ3v) is 7.64. The van der Waals surface area contributed by atoms with Gasteiger partial charge in [-0.1, -0.05) is 25.5 Å². The Morgan fingerprint density at radius 2 is 1.78 bits per heavy atom. The maximum Gasteiger partial charge on any atom is 0.416 e. The summed E-state index contributed by atoms with van der Waals surface area (Å²) in [6.07, 6.45) is 3.39. The Morgan fingerprint density at radius 1 is 1.03 bits per heavy atom. The predicted octanol–water partition coefficient (Wildman–Crippen LogP) is 7.04. The van der Waals surface area contributed by atoms with Gasteiger partial charge in [0.15, 0.2) is 0 Å². The number of carbonyl (C=O) groups is 1. The van der Waals surface area contributed by atoms with Crippen LogP contribution in [0.4, 0.5) is 19.1 Å². The van der Waals surface area contributed by atoms with Crippen LogP contribution in [0.25, 0.3) is 11.0 Å². The van der Waals surface area contributed by atoms with Crippen LogP contribution >= 0.6 is 0 Å². The molecule has 1 aliphatic heterocycles. The monoisotopic (exact) mass is 498 g/mol. The molecule has 192 valence electrons. The minimum Gasteiger partial charge on any atom is -0.307 e. The van der Waals surface area contributed by atoms with Gasteiger partial charge in [0.25, 0.3) is 5.91 Å². The van der Waals surface area contributed by atoms with Gasteiger partial charge in [0.1, 0.15) is 0 Å². The number of carbonyl (C=O) groups excluding carboxylic acids is 1. The first-order valence-electron chi connectivity index (χ1n) is 13.0. The van der Waals surface area contributed by atoms with Crippen molar-refractivity contribution in [1.82, 2.24) is 14.5 Å². The normalized spacial score (nSPS) is 21.6. The van der Waals surface area contributed by atoms with Gasteiger partial charge in [-0.15, -0.1) is 0 Å². The lowest BCUT2D eigenvalue weighted by molar-refractivity contribution is -0.137. The number of hydrogen-bond acceptors (Lipinski definition) is 3. The van der Waals surface area contributed by atoms with Crippen molar-refractivity contribution in [2.45, 2.75) is 70.6 Å². The summed E-state index contributed by atoms with van der Waals surface area (Å²) in [6, 6.07) is 11.0. The Labute approximate surface area is 209 Å². The molecule has 36 heavy (non-hydrogen) atoms. The maximum absolute atomic E-state index is 13.2. The molecule has 0 atom stereocenters. The highest BCUT2D eigenvalue weighted by Crippen LogP contribution is 2.37. The van der Waals surface area contributed by atoms with E-state index in [1.165, 1.54) is 37.0 Å². The van der Waals surface area contributed by atoms with Crippen LogP contribution < -0.4 is 5.32 Å². The lowest BCUT2D eigenvalue weighted by atomic mass is 9.87. The Hall–Kier alpha value is -2.87. The van der Waals surface area contributed by atoms with Gasteiger partial charge < -0.3 is 4.57 Å². The van der Waals surface area contributed by atoms with Crippen molar-refractivity contribution < 1.29 is 18.0 Å². The lowest BCUT2D eigenvalue weighted by Crippen LogP contribution is -2.29. The van der Waals surface area contributed by atoms with E-state index < -0.39 is 17.6 Å². The Morgan fingerprint density at radius 3 is 2.50 bits per heavy atom. The lowest BCUT2D eigenvalue weighted by Gasteiger charge is -2.29. The van der Waals surface area contributed by atoms with Gasteiger partial charge in [-0.3, -0.25) is 15.0 Å². The zero-order valence-corrected chi connectivity index (χ0v) is 20.7. The quantitative estimate of drug-likeness (QED) is 0.410. The van der Waals surface area contributed by atoms with Crippen molar-refractivity contribution in [2.75, 3.05) is 18.4 Å². The number of likely N-dealkylation sites (tertiary alicyclic amines) is 1. The Kier molecular flexibility index (Phi) is 7.06. The Balaban J connectivity index is 1.47. The first-order valence-corrected chi connectivity index (χ1v) is 13.0. The molecule has 5 rings (SSSR count). The second-order valence-electron chi connectivity index (χ2n) is 10.4. The fraction of sp³-hybridized carbons (Fsp3) is 0.500. The summed E-state index contributed by atoms with van der Waals surface area (Å²) in [5.74, 6) is 0.478. The highest BCUT2D eigenvalue weighted by molar-refractivity contribution is 6.04. The summed E-state index contributed by atoms with van der Waals surface area (Å²) < 4.78 is 41.7. The van der Waals surface area contributed by atoms with Crippen molar-refractivity contribution in [3.05, 3.63) is 59.2 Å².